The summed E-state index contributed by atoms with van der Waals surface area (Å²) >= 11 is 18.9. The number of nitrogens with zero attached hydrogens (tertiary/aromatic N) is 2. The average molecular weight is 657 g/mol. The van der Waals surface area contributed by atoms with Crippen LogP contribution in [0, 0.1) is 0 Å². The molecule has 2 aromatic rings. The van der Waals surface area contributed by atoms with E-state index in [1.165, 1.54) is 0 Å². The van der Waals surface area contributed by atoms with E-state index in [2.05, 4.69) is 5.32 Å². The van der Waals surface area contributed by atoms with Crippen LogP contribution in [-0.4, -0.2) is 50.0 Å². The fraction of sp³-hybridized carbons (Fsp3) is 0.481. The number of carbonyl (C=O) groups excluding carboxylic acids is 2. The van der Waals surface area contributed by atoms with Gasteiger partial charge in [0.1, 0.15) is 12.6 Å². The normalized spacial score (nSPS) is 15.3. The van der Waals surface area contributed by atoms with Crippen LogP contribution in [-0.2, 0) is 32.3 Å². The van der Waals surface area contributed by atoms with Crippen molar-refractivity contribution in [1.82, 2.24) is 10.2 Å². The molecule has 0 aliphatic heterocycles. The highest BCUT2D eigenvalue weighted by molar-refractivity contribution is 7.92. The Kier molecular flexibility index (Phi) is 11.2. The molecular weight excluding hydrogens is 626 g/mol. The van der Waals surface area contributed by atoms with E-state index in [1.807, 2.05) is 0 Å². The maximum absolute atomic E-state index is 13.9. The van der Waals surface area contributed by atoms with Crippen LogP contribution in [0.4, 0.5) is 18.9 Å². The quantitative estimate of drug-likeness (QED) is 0.309. The molecule has 226 valence electrons. The maximum atomic E-state index is 13.9. The molecule has 1 atom stereocenters. The largest absolute Gasteiger partial charge is 0.416 e. The molecule has 1 aliphatic carbocycles. The van der Waals surface area contributed by atoms with Gasteiger partial charge in [-0.05, 0) is 49.6 Å². The molecule has 1 aliphatic rings. The molecular formula is C27H31Cl3F3N3O4S. The van der Waals surface area contributed by atoms with E-state index in [0.717, 1.165) is 49.3 Å². The Balaban J connectivity index is 2.03. The molecule has 2 aromatic carbocycles. The van der Waals surface area contributed by atoms with Crippen molar-refractivity contribution in [3.05, 3.63) is 62.6 Å². The summed E-state index contributed by atoms with van der Waals surface area (Å²) in [6, 6.07) is 5.80. The van der Waals surface area contributed by atoms with E-state index in [-0.39, 0.29) is 34.1 Å². The van der Waals surface area contributed by atoms with Crippen LogP contribution in [0.3, 0.4) is 0 Å². The maximum Gasteiger partial charge on any atom is 0.416 e. The minimum atomic E-state index is -4.79. The number of carbonyl (C=O) groups is 2. The Morgan fingerprint density at radius 2 is 1.63 bits per heavy atom. The molecule has 0 saturated heterocycles. The van der Waals surface area contributed by atoms with Crippen molar-refractivity contribution in [2.75, 3.05) is 17.1 Å². The lowest BCUT2D eigenvalue weighted by Crippen LogP contribution is -2.54. The molecule has 2 amide bonds. The van der Waals surface area contributed by atoms with Crippen molar-refractivity contribution in [3.8, 4) is 0 Å². The van der Waals surface area contributed by atoms with Gasteiger partial charge in [0.25, 0.3) is 0 Å². The molecule has 1 N–H and O–H groups in total. The van der Waals surface area contributed by atoms with Crippen LogP contribution in [0.5, 0.6) is 0 Å². The van der Waals surface area contributed by atoms with Gasteiger partial charge in [-0.3, -0.25) is 13.9 Å². The van der Waals surface area contributed by atoms with Crippen LogP contribution in [0.15, 0.2) is 36.4 Å². The van der Waals surface area contributed by atoms with Crippen molar-refractivity contribution in [2.24, 2.45) is 0 Å². The summed E-state index contributed by atoms with van der Waals surface area (Å²) < 4.78 is 66.4. The Labute approximate surface area is 253 Å². The number of nitrogens with one attached hydrogen (secondary N) is 1. The first-order valence-electron chi connectivity index (χ1n) is 13.0. The molecule has 0 radical (unpaired) electrons. The third-order valence-corrected chi connectivity index (χ3v) is 9.10. The summed E-state index contributed by atoms with van der Waals surface area (Å²) in [6.07, 6.45) is 0.698. The van der Waals surface area contributed by atoms with E-state index in [1.54, 1.807) is 25.1 Å². The monoisotopic (exact) mass is 655 g/mol. The van der Waals surface area contributed by atoms with E-state index in [4.69, 9.17) is 34.8 Å². The van der Waals surface area contributed by atoms with Crippen molar-refractivity contribution in [2.45, 2.75) is 70.3 Å². The topological polar surface area (TPSA) is 86.8 Å². The first-order valence-corrected chi connectivity index (χ1v) is 16.0. The zero-order valence-corrected chi connectivity index (χ0v) is 25.6. The second kappa shape index (κ2) is 13.8. The van der Waals surface area contributed by atoms with Gasteiger partial charge in [-0.15, -0.1) is 0 Å². The van der Waals surface area contributed by atoms with Crippen molar-refractivity contribution < 1.29 is 31.2 Å². The number of hydrogen-bond donors (Lipinski definition) is 1. The molecule has 1 saturated carbocycles. The second-order valence-electron chi connectivity index (χ2n) is 9.92. The molecule has 1 fully saturated rings. The van der Waals surface area contributed by atoms with Gasteiger partial charge in [0.05, 0.1) is 22.5 Å². The highest BCUT2D eigenvalue weighted by Crippen LogP contribution is 2.36. The summed E-state index contributed by atoms with van der Waals surface area (Å²) in [5.41, 5.74) is -1.33. The Hall–Kier alpha value is -2.21. The molecule has 0 bridgehead atoms. The minimum absolute atomic E-state index is 0.0670. The number of amides is 2. The lowest BCUT2D eigenvalue weighted by molar-refractivity contribution is -0.140. The molecule has 0 aromatic heterocycles. The van der Waals surface area contributed by atoms with Crippen LogP contribution in [0.1, 0.15) is 56.6 Å². The molecule has 41 heavy (non-hydrogen) atoms. The SMILES string of the molecule is CCC(C(=O)NC1CCCCC1)N(Cc1c(Cl)cccc1Cl)C(=O)CN(c1cc(C(F)(F)F)ccc1Cl)S(C)(=O)=O. The summed E-state index contributed by atoms with van der Waals surface area (Å²) in [5.74, 6) is -1.29. The highest BCUT2D eigenvalue weighted by atomic mass is 35.5. The van der Waals surface area contributed by atoms with Gasteiger partial charge in [-0.2, -0.15) is 13.2 Å². The lowest BCUT2D eigenvalue weighted by Gasteiger charge is -2.34. The highest BCUT2D eigenvalue weighted by Gasteiger charge is 2.36. The zero-order valence-electron chi connectivity index (χ0n) is 22.5. The van der Waals surface area contributed by atoms with Crippen LogP contribution >= 0.6 is 34.8 Å². The molecule has 1 unspecified atom stereocenters. The minimum Gasteiger partial charge on any atom is -0.352 e. The number of benzene rings is 2. The predicted molar refractivity (Wildman–Crippen MR) is 155 cm³/mol. The Morgan fingerprint density at radius 1 is 1.02 bits per heavy atom. The Bertz CT molecular complexity index is 1350. The first kappa shape index (κ1) is 33.3. The number of rotatable bonds is 10. The fourth-order valence-corrected chi connectivity index (χ4v) is 6.43. The molecule has 0 spiro atoms. The van der Waals surface area contributed by atoms with Crippen molar-refractivity contribution in [3.63, 3.8) is 0 Å². The molecule has 0 heterocycles. The average Bonchev–Trinajstić information content (AvgIpc) is 2.88. The van der Waals surface area contributed by atoms with Gasteiger partial charge in [0, 0.05) is 28.2 Å². The molecule has 7 nitrogen and oxygen atoms in total. The van der Waals surface area contributed by atoms with Gasteiger partial charge < -0.3 is 10.2 Å². The predicted octanol–water partition coefficient (Wildman–Crippen LogP) is 6.69. The fourth-order valence-electron chi connectivity index (χ4n) is 4.79. The van der Waals surface area contributed by atoms with Gasteiger partial charge in [0.2, 0.25) is 21.8 Å². The second-order valence-corrected chi connectivity index (χ2v) is 13.1. The summed E-state index contributed by atoms with van der Waals surface area (Å²) in [6.45, 7) is 0.522. The van der Waals surface area contributed by atoms with Crippen molar-refractivity contribution in [1.29, 1.82) is 0 Å². The third kappa shape index (κ3) is 8.65. The smallest absolute Gasteiger partial charge is 0.352 e. The van der Waals surface area contributed by atoms with Gasteiger partial charge in [-0.1, -0.05) is 67.1 Å². The number of sulfonamides is 1. The standard InChI is InChI=1S/C27H31Cl3F3N3O4S/c1-3-23(26(38)34-18-8-5-4-6-9-18)35(15-19-20(28)10-7-11-21(19)29)25(37)16-36(41(2,39)40)24-14-17(27(31,32)33)12-13-22(24)30/h7,10-14,18,23H,3-6,8-9,15-16H2,1-2H3,(H,34,38). The van der Waals surface area contributed by atoms with E-state index >= 15 is 0 Å². The summed E-state index contributed by atoms with van der Waals surface area (Å²) in [5, 5.41) is 3.13. The van der Waals surface area contributed by atoms with Crippen molar-refractivity contribution >= 4 is 62.3 Å². The Morgan fingerprint density at radius 3 is 2.17 bits per heavy atom. The third-order valence-electron chi connectivity index (χ3n) is 6.95. The first-order chi connectivity index (χ1) is 19.1. The van der Waals surface area contributed by atoms with Gasteiger partial charge in [0.15, 0.2) is 0 Å². The van der Waals surface area contributed by atoms with E-state index < -0.39 is 51.9 Å². The molecule has 14 heteroatoms. The number of alkyl halides is 3. The summed E-state index contributed by atoms with van der Waals surface area (Å²) in [7, 11) is -4.31. The number of halogens is 6. The van der Waals surface area contributed by atoms with Gasteiger partial charge >= 0.3 is 6.18 Å². The zero-order chi connectivity index (χ0) is 30.5. The van der Waals surface area contributed by atoms with Crippen LogP contribution in [0.25, 0.3) is 0 Å². The lowest BCUT2D eigenvalue weighted by atomic mass is 9.95. The summed E-state index contributed by atoms with van der Waals surface area (Å²) in [4.78, 5) is 28.5. The molecule has 3 rings (SSSR count). The van der Waals surface area contributed by atoms with Crippen LogP contribution in [0.2, 0.25) is 15.1 Å². The van der Waals surface area contributed by atoms with E-state index in [9.17, 15) is 31.2 Å². The van der Waals surface area contributed by atoms with E-state index in [0.29, 0.717) is 22.0 Å². The van der Waals surface area contributed by atoms with Gasteiger partial charge in [-0.25, -0.2) is 8.42 Å². The van der Waals surface area contributed by atoms with Crippen LogP contribution < -0.4 is 9.62 Å². The number of anilines is 1. The number of hydrogen-bond acceptors (Lipinski definition) is 4.